The summed E-state index contributed by atoms with van der Waals surface area (Å²) in [6, 6.07) is 5.34. The van der Waals surface area contributed by atoms with Crippen molar-refractivity contribution in [2.75, 3.05) is 6.54 Å². The lowest BCUT2D eigenvalue weighted by molar-refractivity contribution is -0.140. The highest BCUT2D eigenvalue weighted by atomic mass is 32.2. The van der Waals surface area contributed by atoms with Gasteiger partial charge < -0.3 is 5.11 Å². The molecule has 0 bridgehead atoms. The van der Waals surface area contributed by atoms with Gasteiger partial charge in [-0.25, -0.2) is 13.1 Å². The fourth-order valence-corrected chi connectivity index (χ4v) is 3.15. The van der Waals surface area contributed by atoms with E-state index in [0.29, 0.717) is 5.56 Å². The Kier molecular flexibility index (Phi) is 5.17. The Bertz CT molecular complexity index is 630. The standard InChI is InChI=1S/C15H23NO4S/c1-10-6-7-12(15(3,4)5)8-13(10)21(19,20)16-9-11(2)14(17)18/h6-8,11,16H,9H2,1-5H3,(H,17,18). The van der Waals surface area contributed by atoms with Gasteiger partial charge >= 0.3 is 5.97 Å². The third-order valence-corrected chi connectivity index (χ3v) is 4.91. The van der Waals surface area contributed by atoms with Gasteiger partial charge in [-0.2, -0.15) is 0 Å². The van der Waals surface area contributed by atoms with E-state index in [-0.39, 0.29) is 16.9 Å². The molecule has 0 amide bonds. The van der Waals surface area contributed by atoms with Gasteiger partial charge in [0.25, 0.3) is 0 Å². The topological polar surface area (TPSA) is 83.5 Å². The van der Waals surface area contributed by atoms with Crippen LogP contribution in [-0.2, 0) is 20.2 Å². The quantitative estimate of drug-likeness (QED) is 0.873. The number of benzene rings is 1. The first-order chi connectivity index (χ1) is 9.45. The summed E-state index contributed by atoms with van der Waals surface area (Å²) in [6.45, 7) is 9.08. The SMILES string of the molecule is Cc1ccc(C(C)(C)C)cc1S(=O)(=O)NCC(C)C(=O)O. The van der Waals surface area contributed by atoms with Gasteiger partial charge in [0.2, 0.25) is 10.0 Å². The Morgan fingerprint density at radius 3 is 2.38 bits per heavy atom. The summed E-state index contributed by atoms with van der Waals surface area (Å²) in [6.07, 6.45) is 0. The molecule has 5 nitrogen and oxygen atoms in total. The Balaban J connectivity index is 3.11. The molecule has 0 saturated carbocycles. The van der Waals surface area contributed by atoms with Crippen LogP contribution < -0.4 is 4.72 Å². The van der Waals surface area contributed by atoms with E-state index < -0.39 is 21.9 Å². The van der Waals surface area contributed by atoms with Gasteiger partial charge in [0, 0.05) is 6.54 Å². The fraction of sp³-hybridized carbons (Fsp3) is 0.533. The molecular weight excluding hydrogens is 290 g/mol. The number of aryl methyl sites for hydroxylation is 1. The zero-order valence-corrected chi connectivity index (χ0v) is 13.9. The van der Waals surface area contributed by atoms with Gasteiger partial charge in [0.15, 0.2) is 0 Å². The van der Waals surface area contributed by atoms with Crippen LogP contribution in [0.4, 0.5) is 0 Å². The van der Waals surface area contributed by atoms with Crippen LogP contribution in [0, 0.1) is 12.8 Å². The number of sulfonamides is 1. The van der Waals surface area contributed by atoms with E-state index in [1.54, 1.807) is 19.1 Å². The van der Waals surface area contributed by atoms with Gasteiger partial charge in [0.1, 0.15) is 0 Å². The first kappa shape index (κ1) is 17.7. The highest BCUT2D eigenvalue weighted by Gasteiger charge is 2.22. The van der Waals surface area contributed by atoms with E-state index >= 15 is 0 Å². The molecular formula is C15H23NO4S. The Morgan fingerprint density at radius 1 is 1.33 bits per heavy atom. The Morgan fingerprint density at radius 2 is 1.90 bits per heavy atom. The van der Waals surface area contributed by atoms with Crippen LogP contribution in [0.5, 0.6) is 0 Å². The normalized spacial score (nSPS) is 14.0. The second-order valence-electron chi connectivity index (χ2n) is 6.32. The minimum atomic E-state index is -3.72. The second kappa shape index (κ2) is 6.15. The lowest BCUT2D eigenvalue weighted by Gasteiger charge is -2.21. The van der Waals surface area contributed by atoms with Crippen LogP contribution in [0.2, 0.25) is 0 Å². The molecule has 0 aliphatic rings. The van der Waals surface area contributed by atoms with Crippen LogP contribution in [0.15, 0.2) is 23.1 Å². The first-order valence-corrected chi connectivity index (χ1v) is 8.27. The molecule has 0 fully saturated rings. The first-order valence-electron chi connectivity index (χ1n) is 6.79. The second-order valence-corrected chi connectivity index (χ2v) is 8.06. The van der Waals surface area contributed by atoms with E-state index in [2.05, 4.69) is 4.72 Å². The number of hydrogen-bond donors (Lipinski definition) is 2. The van der Waals surface area contributed by atoms with Crippen molar-refractivity contribution in [2.24, 2.45) is 5.92 Å². The van der Waals surface area contributed by atoms with Crippen molar-refractivity contribution in [3.8, 4) is 0 Å². The maximum absolute atomic E-state index is 12.4. The molecule has 0 aromatic heterocycles. The molecule has 1 rings (SSSR count). The summed E-state index contributed by atoms with van der Waals surface area (Å²) in [4.78, 5) is 11.0. The minimum Gasteiger partial charge on any atom is -0.481 e. The van der Waals surface area contributed by atoms with Crippen molar-refractivity contribution in [3.05, 3.63) is 29.3 Å². The van der Waals surface area contributed by atoms with Crippen molar-refractivity contribution in [1.29, 1.82) is 0 Å². The Hall–Kier alpha value is -1.40. The number of carboxylic acid groups (broad SMARTS) is 1. The molecule has 0 heterocycles. The van der Waals surface area contributed by atoms with Crippen LogP contribution in [0.1, 0.15) is 38.8 Å². The molecule has 2 N–H and O–H groups in total. The maximum atomic E-state index is 12.4. The molecule has 1 unspecified atom stereocenters. The molecule has 0 spiro atoms. The highest BCUT2D eigenvalue weighted by Crippen LogP contribution is 2.26. The van der Waals surface area contributed by atoms with Crippen LogP contribution in [0.3, 0.4) is 0 Å². The van der Waals surface area contributed by atoms with Gasteiger partial charge in [-0.05, 0) is 29.5 Å². The van der Waals surface area contributed by atoms with Crippen molar-refractivity contribution < 1.29 is 18.3 Å². The van der Waals surface area contributed by atoms with E-state index in [1.807, 2.05) is 26.8 Å². The number of carbonyl (C=O) groups is 1. The number of hydrogen-bond acceptors (Lipinski definition) is 3. The van der Waals surface area contributed by atoms with Crippen molar-refractivity contribution in [2.45, 2.75) is 44.9 Å². The maximum Gasteiger partial charge on any atom is 0.307 e. The Labute approximate surface area is 126 Å². The van der Waals surface area contributed by atoms with E-state index in [1.165, 1.54) is 6.92 Å². The average molecular weight is 313 g/mol. The summed E-state index contributed by atoms with van der Waals surface area (Å²) in [5.74, 6) is -1.80. The minimum absolute atomic E-state index is 0.128. The summed E-state index contributed by atoms with van der Waals surface area (Å²) in [5.41, 5.74) is 1.39. The van der Waals surface area contributed by atoms with E-state index in [0.717, 1.165) is 5.56 Å². The van der Waals surface area contributed by atoms with Crippen molar-refractivity contribution >= 4 is 16.0 Å². The summed E-state index contributed by atoms with van der Waals surface area (Å²) in [7, 11) is -3.72. The van der Waals surface area contributed by atoms with Crippen LogP contribution in [0.25, 0.3) is 0 Å². The molecule has 0 radical (unpaired) electrons. The lowest BCUT2D eigenvalue weighted by atomic mass is 9.87. The van der Waals surface area contributed by atoms with E-state index in [4.69, 9.17) is 5.11 Å². The molecule has 1 aromatic rings. The lowest BCUT2D eigenvalue weighted by Crippen LogP contribution is -2.32. The number of nitrogens with one attached hydrogen (secondary N) is 1. The van der Waals surface area contributed by atoms with Gasteiger partial charge in [0.05, 0.1) is 10.8 Å². The number of aliphatic carboxylic acids is 1. The molecule has 118 valence electrons. The van der Waals surface area contributed by atoms with Gasteiger partial charge in [-0.15, -0.1) is 0 Å². The summed E-state index contributed by atoms with van der Waals surface area (Å²) >= 11 is 0. The smallest absolute Gasteiger partial charge is 0.307 e. The molecule has 0 aliphatic heterocycles. The zero-order chi connectivity index (χ0) is 16.4. The fourth-order valence-electron chi connectivity index (χ4n) is 1.76. The molecule has 1 atom stereocenters. The van der Waals surface area contributed by atoms with E-state index in [9.17, 15) is 13.2 Å². The molecule has 0 saturated heterocycles. The average Bonchev–Trinajstić information content (AvgIpc) is 2.34. The predicted octanol–water partition coefficient (Wildman–Crippen LogP) is 2.29. The largest absolute Gasteiger partial charge is 0.481 e. The van der Waals surface area contributed by atoms with Crippen molar-refractivity contribution in [3.63, 3.8) is 0 Å². The van der Waals surface area contributed by atoms with Crippen LogP contribution in [-0.4, -0.2) is 26.0 Å². The summed E-state index contributed by atoms with van der Waals surface area (Å²) < 4.78 is 27.1. The third kappa shape index (κ3) is 4.54. The van der Waals surface area contributed by atoms with Gasteiger partial charge in [-0.3, -0.25) is 4.79 Å². The number of rotatable bonds is 5. The van der Waals surface area contributed by atoms with Gasteiger partial charge in [-0.1, -0.05) is 39.8 Å². The molecule has 0 aliphatic carbocycles. The molecule has 21 heavy (non-hydrogen) atoms. The van der Waals surface area contributed by atoms with Crippen molar-refractivity contribution in [1.82, 2.24) is 4.72 Å². The summed E-state index contributed by atoms with van der Waals surface area (Å²) in [5, 5.41) is 8.82. The molecule has 1 aromatic carbocycles. The predicted molar refractivity (Wildman–Crippen MR) is 81.9 cm³/mol. The third-order valence-electron chi connectivity index (χ3n) is 3.34. The zero-order valence-electron chi connectivity index (χ0n) is 13.1. The monoisotopic (exact) mass is 313 g/mol. The molecule has 6 heteroatoms. The van der Waals surface area contributed by atoms with Crippen LogP contribution >= 0.6 is 0 Å². The highest BCUT2D eigenvalue weighted by molar-refractivity contribution is 7.89. The number of carboxylic acids is 1.